The molecule has 0 amide bonds. The van der Waals surface area contributed by atoms with Gasteiger partial charge in [0.15, 0.2) is 5.11 Å². The van der Waals surface area contributed by atoms with E-state index in [2.05, 4.69) is 10.6 Å². The summed E-state index contributed by atoms with van der Waals surface area (Å²) in [5.74, 6) is 0. The monoisotopic (exact) mass is 255 g/mol. The molecule has 0 saturated heterocycles. The summed E-state index contributed by atoms with van der Waals surface area (Å²) in [4.78, 5) is 9.98. The van der Waals surface area contributed by atoms with Crippen LogP contribution < -0.4 is 10.6 Å². The largest absolute Gasteiger partial charge is 0.396 e. The molecule has 17 heavy (non-hydrogen) atoms. The van der Waals surface area contributed by atoms with Gasteiger partial charge in [0.05, 0.1) is 4.92 Å². The van der Waals surface area contributed by atoms with Crippen molar-refractivity contribution in [1.82, 2.24) is 5.32 Å². The summed E-state index contributed by atoms with van der Waals surface area (Å²) in [6.45, 7) is 0.683. The fourth-order valence-electron chi connectivity index (χ4n) is 1.12. The minimum absolute atomic E-state index is 0.0368. The van der Waals surface area contributed by atoms with E-state index < -0.39 is 4.92 Å². The number of anilines is 1. The van der Waals surface area contributed by atoms with Gasteiger partial charge in [0.1, 0.15) is 0 Å². The summed E-state index contributed by atoms with van der Waals surface area (Å²) in [6, 6.07) is 5.97. The van der Waals surface area contributed by atoms with Gasteiger partial charge in [-0.05, 0) is 30.8 Å². The van der Waals surface area contributed by atoms with Gasteiger partial charge in [-0.25, -0.2) is 0 Å². The van der Waals surface area contributed by atoms with E-state index >= 15 is 0 Å². The Hall–Kier alpha value is -1.73. The van der Waals surface area contributed by atoms with Gasteiger partial charge in [0.25, 0.3) is 5.69 Å². The number of nitro groups is 1. The van der Waals surface area contributed by atoms with Gasteiger partial charge in [-0.1, -0.05) is 0 Å². The van der Waals surface area contributed by atoms with Crippen molar-refractivity contribution in [2.75, 3.05) is 18.5 Å². The topological polar surface area (TPSA) is 87.4 Å². The van der Waals surface area contributed by atoms with E-state index in [1.807, 2.05) is 0 Å². The Labute approximate surface area is 104 Å². The molecule has 0 aliphatic rings. The molecule has 0 saturated carbocycles. The Morgan fingerprint density at radius 1 is 1.41 bits per heavy atom. The van der Waals surface area contributed by atoms with Gasteiger partial charge in [0.2, 0.25) is 0 Å². The zero-order chi connectivity index (χ0) is 12.7. The van der Waals surface area contributed by atoms with Crippen LogP contribution in [0.4, 0.5) is 11.4 Å². The van der Waals surface area contributed by atoms with Gasteiger partial charge in [0, 0.05) is 31.0 Å². The molecule has 0 aliphatic carbocycles. The number of non-ortho nitro benzene ring substituents is 1. The van der Waals surface area contributed by atoms with E-state index in [1.54, 1.807) is 12.1 Å². The number of nitro benzene ring substituents is 1. The Balaban J connectivity index is 2.46. The van der Waals surface area contributed by atoms with Crippen LogP contribution in [0.2, 0.25) is 0 Å². The molecule has 1 aromatic rings. The van der Waals surface area contributed by atoms with Crippen molar-refractivity contribution in [2.45, 2.75) is 6.42 Å². The molecule has 1 rings (SSSR count). The van der Waals surface area contributed by atoms with Crippen molar-refractivity contribution in [2.24, 2.45) is 0 Å². The van der Waals surface area contributed by atoms with E-state index in [0.29, 0.717) is 23.8 Å². The van der Waals surface area contributed by atoms with Crippen LogP contribution >= 0.6 is 12.2 Å². The van der Waals surface area contributed by atoms with Crippen LogP contribution in [-0.4, -0.2) is 28.3 Å². The van der Waals surface area contributed by atoms with Crippen LogP contribution in [-0.2, 0) is 0 Å². The van der Waals surface area contributed by atoms with Crippen LogP contribution in [0.5, 0.6) is 0 Å². The first-order chi connectivity index (χ1) is 8.13. The Kier molecular flexibility index (Phi) is 5.31. The smallest absolute Gasteiger partial charge is 0.269 e. The molecule has 0 heterocycles. The molecule has 0 aromatic heterocycles. The zero-order valence-corrected chi connectivity index (χ0v) is 9.87. The lowest BCUT2D eigenvalue weighted by molar-refractivity contribution is -0.384. The normalized spacial score (nSPS) is 9.71. The van der Waals surface area contributed by atoms with Gasteiger partial charge in [-0.3, -0.25) is 10.1 Å². The van der Waals surface area contributed by atoms with E-state index in [-0.39, 0.29) is 12.3 Å². The minimum Gasteiger partial charge on any atom is -0.396 e. The minimum atomic E-state index is -0.457. The molecular formula is C10H13N3O3S. The Bertz CT molecular complexity index is 394. The number of aliphatic hydroxyl groups excluding tert-OH is 1. The maximum atomic E-state index is 10.4. The number of nitrogens with zero attached hydrogens (tertiary/aromatic N) is 1. The standard InChI is InChI=1S/C10H13N3O3S/c14-7-1-6-11-10(17)12-8-2-4-9(5-3-8)13(15)16/h2-5,14H,1,6-7H2,(H2,11,12,17). The average molecular weight is 255 g/mol. The van der Waals surface area contributed by atoms with Gasteiger partial charge in [-0.15, -0.1) is 0 Å². The summed E-state index contributed by atoms with van der Waals surface area (Å²) in [6.07, 6.45) is 0.613. The molecule has 0 fully saturated rings. The first-order valence-electron chi connectivity index (χ1n) is 5.03. The second kappa shape index (κ2) is 6.77. The van der Waals surface area contributed by atoms with E-state index in [4.69, 9.17) is 17.3 Å². The zero-order valence-electron chi connectivity index (χ0n) is 9.05. The number of hydrogen-bond acceptors (Lipinski definition) is 4. The van der Waals surface area contributed by atoms with Crippen molar-refractivity contribution >= 4 is 28.7 Å². The number of hydrogen-bond donors (Lipinski definition) is 3. The molecule has 0 unspecified atom stereocenters. The lowest BCUT2D eigenvalue weighted by Gasteiger charge is -2.09. The van der Waals surface area contributed by atoms with Crippen molar-refractivity contribution in [3.05, 3.63) is 34.4 Å². The third kappa shape index (κ3) is 4.75. The third-order valence-electron chi connectivity index (χ3n) is 1.96. The van der Waals surface area contributed by atoms with Crippen molar-refractivity contribution in [3.8, 4) is 0 Å². The van der Waals surface area contributed by atoms with E-state index in [9.17, 15) is 10.1 Å². The van der Waals surface area contributed by atoms with Crippen LogP contribution in [0.1, 0.15) is 6.42 Å². The SMILES string of the molecule is O=[N+]([O-])c1ccc(NC(=S)NCCCO)cc1. The number of aliphatic hydroxyl groups is 1. The molecular weight excluding hydrogens is 242 g/mol. The molecule has 0 bridgehead atoms. The van der Waals surface area contributed by atoms with Crippen LogP contribution in [0.25, 0.3) is 0 Å². The van der Waals surface area contributed by atoms with Gasteiger partial charge >= 0.3 is 0 Å². The van der Waals surface area contributed by atoms with E-state index in [1.165, 1.54) is 12.1 Å². The first-order valence-corrected chi connectivity index (χ1v) is 5.44. The highest BCUT2D eigenvalue weighted by Crippen LogP contribution is 2.15. The second-order valence-corrected chi connectivity index (χ2v) is 3.67. The van der Waals surface area contributed by atoms with Crippen LogP contribution in [0.15, 0.2) is 24.3 Å². The maximum absolute atomic E-state index is 10.4. The third-order valence-corrected chi connectivity index (χ3v) is 2.20. The van der Waals surface area contributed by atoms with Crippen LogP contribution in [0.3, 0.4) is 0 Å². The molecule has 1 aromatic carbocycles. The molecule has 0 spiro atoms. The van der Waals surface area contributed by atoms with Gasteiger partial charge in [-0.2, -0.15) is 0 Å². The number of nitrogens with one attached hydrogen (secondary N) is 2. The summed E-state index contributed by atoms with van der Waals surface area (Å²) >= 11 is 5.00. The molecule has 3 N–H and O–H groups in total. The highest BCUT2D eigenvalue weighted by Gasteiger charge is 2.04. The first kappa shape index (κ1) is 13.3. The number of thiocarbonyl (C=S) groups is 1. The molecule has 0 atom stereocenters. The Morgan fingerprint density at radius 3 is 2.59 bits per heavy atom. The van der Waals surface area contributed by atoms with Crippen LogP contribution in [0, 0.1) is 10.1 Å². The quantitative estimate of drug-likeness (QED) is 0.318. The molecule has 0 radical (unpaired) electrons. The van der Waals surface area contributed by atoms with Crippen molar-refractivity contribution in [3.63, 3.8) is 0 Å². The van der Waals surface area contributed by atoms with Gasteiger partial charge < -0.3 is 15.7 Å². The summed E-state index contributed by atoms with van der Waals surface area (Å²) in [7, 11) is 0. The van der Waals surface area contributed by atoms with E-state index in [0.717, 1.165) is 0 Å². The predicted molar refractivity (Wildman–Crippen MR) is 69.0 cm³/mol. The maximum Gasteiger partial charge on any atom is 0.269 e. The second-order valence-electron chi connectivity index (χ2n) is 3.26. The molecule has 0 aliphatic heterocycles. The highest BCUT2D eigenvalue weighted by atomic mass is 32.1. The summed E-state index contributed by atoms with van der Waals surface area (Å²) < 4.78 is 0. The number of benzene rings is 1. The molecule has 7 heteroatoms. The Morgan fingerprint density at radius 2 is 2.06 bits per heavy atom. The van der Waals surface area contributed by atoms with Crippen molar-refractivity contribution < 1.29 is 10.0 Å². The summed E-state index contributed by atoms with van der Waals surface area (Å²) in [5.41, 5.74) is 0.715. The lowest BCUT2D eigenvalue weighted by Crippen LogP contribution is -2.29. The fourth-order valence-corrected chi connectivity index (χ4v) is 1.34. The summed E-state index contributed by atoms with van der Waals surface area (Å²) in [5, 5.41) is 25.2. The molecule has 92 valence electrons. The van der Waals surface area contributed by atoms with Crippen molar-refractivity contribution in [1.29, 1.82) is 0 Å². The predicted octanol–water partition coefficient (Wildman–Crippen LogP) is 1.26. The fraction of sp³-hybridized carbons (Fsp3) is 0.300. The lowest BCUT2D eigenvalue weighted by atomic mass is 10.3. The average Bonchev–Trinajstić information content (AvgIpc) is 2.30. The molecule has 6 nitrogen and oxygen atoms in total. The highest BCUT2D eigenvalue weighted by molar-refractivity contribution is 7.80. The number of rotatable bonds is 5.